The van der Waals surface area contributed by atoms with Gasteiger partial charge in [-0.2, -0.15) is 0 Å². The zero-order valence-electron chi connectivity index (χ0n) is 14.6. The first-order valence-corrected chi connectivity index (χ1v) is 9.46. The summed E-state index contributed by atoms with van der Waals surface area (Å²) in [6.45, 7) is 4.84. The number of rotatable bonds is 9. The summed E-state index contributed by atoms with van der Waals surface area (Å²) in [5.41, 5.74) is 5.68. The summed E-state index contributed by atoms with van der Waals surface area (Å²) in [4.78, 5) is 27.1. The van der Waals surface area contributed by atoms with Crippen LogP contribution in [0.3, 0.4) is 0 Å². The number of halogens is 1. The average Bonchev–Trinajstić information content (AvgIpc) is 2.94. The number of nitrogens with two attached hydrogens (primary N) is 1. The van der Waals surface area contributed by atoms with Crippen LogP contribution >= 0.6 is 23.4 Å². The van der Waals surface area contributed by atoms with Gasteiger partial charge in [-0.15, -0.1) is 10.2 Å². The van der Waals surface area contributed by atoms with Gasteiger partial charge in [-0.3, -0.25) is 9.59 Å². The third-order valence-electron chi connectivity index (χ3n) is 3.30. The zero-order valence-corrected chi connectivity index (χ0v) is 16.2. The highest BCUT2D eigenvalue weighted by Crippen LogP contribution is 2.21. The average molecular weight is 397 g/mol. The molecule has 8 nitrogen and oxygen atoms in total. The van der Waals surface area contributed by atoms with Gasteiger partial charge >= 0.3 is 0 Å². The molecule has 0 bridgehead atoms. The molecule has 0 atom stereocenters. The van der Waals surface area contributed by atoms with E-state index in [1.165, 1.54) is 11.8 Å². The molecule has 0 spiro atoms. The third kappa shape index (κ3) is 5.99. The molecular formula is C16H21ClN6O2S. The van der Waals surface area contributed by atoms with Gasteiger partial charge in [0.15, 0.2) is 10.3 Å². The molecular weight excluding hydrogens is 376 g/mol. The monoisotopic (exact) mass is 396 g/mol. The van der Waals surface area contributed by atoms with E-state index in [-0.39, 0.29) is 29.1 Å². The van der Waals surface area contributed by atoms with Crippen LogP contribution in [0.25, 0.3) is 0 Å². The standard InChI is InChI=1S/C16H21ClN6O2S/c1-10(2)8-23-13(6-5-12(18)24)21-22-16(23)26-9-14(25)20-11-4-3-7-19-15(11)17/h3-4,7,10H,5-6,8-9H2,1-2H3,(H2,18,24)(H,20,25). The summed E-state index contributed by atoms with van der Waals surface area (Å²) in [5.74, 6) is 0.599. The van der Waals surface area contributed by atoms with Gasteiger partial charge in [0.05, 0.1) is 11.4 Å². The number of nitrogens with one attached hydrogen (secondary N) is 1. The second-order valence-electron chi connectivity index (χ2n) is 6.05. The van der Waals surface area contributed by atoms with Crippen molar-refractivity contribution in [3.63, 3.8) is 0 Å². The Bertz CT molecular complexity index is 780. The molecule has 0 saturated heterocycles. The predicted octanol–water partition coefficient (Wildman–Crippen LogP) is 2.13. The Morgan fingerprint density at radius 1 is 1.38 bits per heavy atom. The number of aryl methyl sites for hydroxylation is 1. The Balaban J connectivity index is 2.02. The van der Waals surface area contributed by atoms with Gasteiger partial charge in [-0.1, -0.05) is 37.2 Å². The quantitative estimate of drug-likeness (QED) is 0.495. The van der Waals surface area contributed by atoms with Crippen molar-refractivity contribution in [2.45, 2.75) is 38.4 Å². The molecule has 0 radical (unpaired) electrons. The lowest BCUT2D eigenvalue weighted by atomic mass is 10.2. The largest absolute Gasteiger partial charge is 0.370 e. The Morgan fingerprint density at radius 3 is 2.81 bits per heavy atom. The number of primary amides is 1. The van der Waals surface area contributed by atoms with E-state index in [0.29, 0.717) is 35.6 Å². The molecule has 2 amide bonds. The van der Waals surface area contributed by atoms with E-state index in [0.717, 1.165) is 0 Å². The second kappa shape index (κ2) is 9.54. The van der Waals surface area contributed by atoms with Gasteiger partial charge in [0.1, 0.15) is 5.82 Å². The van der Waals surface area contributed by atoms with Crippen molar-refractivity contribution in [3.05, 3.63) is 29.3 Å². The molecule has 0 saturated carbocycles. The van der Waals surface area contributed by atoms with E-state index in [9.17, 15) is 9.59 Å². The Morgan fingerprint density at radius 2 is 2.15 bits per heavy atom. The van der Waals surface area contributed by atoms with Crippen LogP contribution in [0, 0.1) is 5.92 Å². The van der Waals surface area contributed by atoms with Crippen LogP contribution in [0.1, 0.15) is 26.1 Å². The topological polar surface area (TPSA) is 116 Å². The first kappa shape index (κ1) is 20.2. The Labute approximate surface area is 160 Å². The molecule has 10 heteroatoms. The minimum absolute atomic E-state index is 0.150. The fraction of sp³-hybridized carbons (Fsp3) is 0.438. The number of carbonyl (C=O) groups excluding carboxylic acids is 2. The van der Waals surface area contributed by atoms with E-state index in [4.69, 9.17) is 17.3 Å². The number of pyridine rings is 1. The van der Waals surface area contributed by atoms with Gasteiger partial charge in [0, 0.05) is 25.6 Å². The first-order chi connectivity index (χ1) is 12.4. The number of aromatic nitrogens is 4. The molecule has 0 unspecified atom stereocenters. The lowest BCUT2D eigenvalue weighted by molar-refractivity contribution is -0.118. The van der Waals surface area contributed by atoms with E-state index in [1.807, 2.05) is 4.57 Å². The maximum absolute atomic E-state index is 12.2. The summed E-state index contributed by atoms with van der Waals surface area (Å²) in [6.07, 6.45) is 2.18. The van der Waals surface area contributed by atoms with Gasteiger partial charge in [0.25, 0.3) is 0 Å². The number of hydrogen-bond donors (Lipinski definition) is 2. The summed E-state index contributed by atoms with van der Waals surface area (Å²) >= 11 is 7.21. The molecule has 0 fully saturated rings. The highest BCUT2D eigenvalue weighted by molar-refractivity contribution is 7.99. The van der Waals surface area contributed by atoms with Crippen LogP contribution < -0.4 is 11.1 Å². The maximum atomic E-state index is 12.2. The zero-order chi connectivity index (χ0) is 19.1. The SMILES string of the molecule is CC(C)Cn1c(CCC(N)=O)nnc1SCC(=O)Nc1cccnc1Cl. The smallest absolute Gasteiger partial charge is 0.234 e. The molecule has 3 N–H and O–H groups in total. The highest BCUT2D eigenvalue weighted by Gasteiger charge is 2.16. The first-order valence-electron chi connectivity index (χ1n) is 8.10. The van der Waals surface area contributed by atoms with Crippen molar-refractivity contribution >= 4 is 40.9 Å². The van der Waals surface area contributed by atoms with Crippen molar-refractivity contribution < 1.29 is 9.59 Å². The summed E-state index contributed by atoms with van der Waals surface area (Å²) in [7, 11) is 0. The van der Waals surface area contributed by atoms with Crippen molar-refractivity contribution in [1.82, 2.24) is 19.7 Å². The minimum Gasteiger partial charge on any atom is -0.370 e. The van der Waals surface area contributed by atoms with Crippen molar-refractivity contribution in [2.24, 2.45) is 11.7 Å². The molecule has 2 aromatic rings. The van der Waals surface area contributed by atoms with Crippen molar-refractivity contribution in [3.8, 4) is 0 Å². The number of hydrogen-bond acceptors (Lipinski definition) is 6. The van der Waals surface area contributed by atoms with E-state index >= 15 is 0 Å². The summed E-state index contributed by atoms with van der Waals surface area (Å²) < 4.78 is 1.93. The summed E-state index contributed by atoms with van der Waals surface area (Å²) in [6, 6.07) is 3.38. The van der Waals surface area contributed by atoms with Crippen molar-refractivity contribution in [2.75, 3.05) is 11.1 Å². The van der Waals surface area contributed by atoms with Crippen LogP contribution in [0.15, 0.2) is 23.5 Å². The number of anilines is 1. The molecule has 26 heavy (non-hydrogen) atoms. The molecule has 0 aliphatic carbocycles. The lowest BCUT2D eigenvalue weighted by Gasteiger charge is -2.12. The lowest BCUT2D eigenvalue weighted by Crippen LogP contribution is -2.17. The van der Waals surface area contributed by atoms with Gasteiger partial charge in [-0.05, 0) is 18.1 Å². The molecule has 2 heterocycles. The fourth-order valence-electron chi connectivity index (χ4n) is 2.19. The molecule has 0 aliphatic heterocycles. The van der Waals surface area contributed by atoms with Crippen molar-refractivity contribution in [1.29, 1.82) is 0 Å². The number of carbonyl (C=O) groups is 2. The van der Waals surface area contributed by atoms with Gasteiger partial charge < -0.3 is 15.6 Å². The second-order valence-corrected chi connectivity index (χ2v) is 7.35. The molecule has 140 valence electrons. The van der Waals surface area contributed by atoms with Crippen LogP contribution in [-0.2, 0) is 22.6 Å². The molecule has 0 aliphatic rings. The van der Waals surface area contributed by atoms with Crippen LogP contribution in [-0.4, -0.2) is 37.3 Å². The van der Waals surface area contributed by atoms with E-state index in [1.54, 1.807) is 18.3 Å². The number of nitrogens with zero attached hydrogens (tertiary/aromatic N) is 4. The molecule has 2 rings (SSSR count). The fourth-order valence-corrected chi connectivity index (χ4v) is 3.12. The number of amides is 2. The maximum Gasteiger partial charge on any atom is 0.234 e. The molecule has 0 aromatic carbocycles. The van der Waals surface area contributed by atoms with Gasteiger partial charge in [-0.25, -0.2) is 4.98 Å². The normalized spacial score (nSPS) is 10.9. The van der Waals surface area contributed by atoms with Gasteiger partial charge in [0.2, 0.25) is 11.8 Å². The highest BCUT2D eigenvalue weighted by atomic mass is 35.5. The van der Waals surface area contributed by atoms with Crippen LogP contribution in [0.4, 0.5) is 5.69 Å². The van der Waals surface area contributed by atoms with Crippen LogP contribution in [0.5, 0.6) is 0 Å². The van der Waals surface area contributed by atoms with E-state index < -0.39 is 0 Å². The predicted molar refractivity (Wildman–Crippen MR) is 101 cm³/mol. The summed E-state index contributed by atoms with van der Waals surface area (Å²) in [5, 5.41) is 11.9. The minimum atomic E-state index is -0.383. The Hall–Kier alpha value is -2.13. The third-order valence-corrected chi connectivity index (χ3v) is 4.57. The van der Waals surface area contributed by atoms with E-state index in [2.05, 4.69) is 34.3 Å². The Kier molecular flexibility index (Phi) is 7.40. The van der Waals surface area contributed by atoms with Crippen LogP contribution in [0.2, 0.25) is 5.15 Å². The molecule has 2 aromatic heterocycles. The number of thioether (sulfide) groups is 1.